The predicted octanol–water partition coefficient (Wildman–Crippen LogP) is 2.20. The molecule has 2 aliphatic rings. The van der Waals surface area contributed by atoms with Gasteiger partial charge in [0.15, 0.2) is 0 Å². The fraction of sp³-hybridized carbons (Fsp3) is 0.750. The standard InChI is InChI=1S/C12H19N3S.ClH/c1-9-13-12(8-16-9)7-15-5-4-10-2-3-11(6-15)14-10;/h8,10-11,14H,2-7H2,1H3;1H. The summed E-state index contributed by atoms with van der Waals surface area (Å²) in [6.45, 7) is 5.55. The molecule has 2 bridgehead atoms. The SMILES string of the molecule is Cc1nc(CN2CCC3CCC(C2)N3)cs1.Cl. The zero-order chi connectivity index (χ0) is 11.0. The van der Waals surface area contributed by atoms with Crippen LogP contribution in [0.5, 0.6) is 0 Å². The second kappa shape index (κ2) is 5.65. The van der Waals surface area contributed by atoms with E-state index in [4.69, 9.17) is 0 Å². The molecule has 2 fully saturated rings. The van der Waals surface area contributed by atoms with Crippen molar-refractivity contribution in [1.29, 1.82) is 0 Å². The Kier molecular flexibility index (Phi) is 4.42. The second-order valence-electron chi connectivity index (χ2n) is 5.02. The highest BCUT2D eigenvalue weighted by Crippen LogP contribution is 2.21. The first-order valence-electron chi connectivity index (χ1n) is 6.19. The predicted molar refractivity (Wildman–Crippen MR) is 73.9 cm³/mol. The number of fused-ring (bicyclic) bond motifs is 2. The van der Waals surface area contributed by atoms with E-state index in [1.165, 1.54) is 43.1 Å². The van der Waals surface area contributed by atoms with E-state index >= 15 is 0 Å². The zero-order valence-electron chi connectivity index (χ0n) is 10.2. The largest absolute Gasteiger partial charge is 0.310 e. The molecule has 3 nitrogen and oxygen atoms in total. The van der Waals surface area contributed by atoms with Crippen LogP contribution >= 0.6 is 23.7 Å². The minimum absolute atomic E-state index is 0. The van der Waals surface area contributed by atoms with Crippen LogP contribution < -0.4 is 5.32 Å². The molecule has 2 saturated heterocycles. The summed E-state index contributed by atoms with van der Waals surface area (Å²) in [6, 6.07) is 1.51. The van der Waals surface area contributed by atoms with E-state index in [2.05, 4.69) is 27.5 Å². The number of rotatable bonds is 2. The van der Waals surface area contributed by atoms with Crippen LogP contribution in [0.15, 0.2) is 5.38 Å². The third-order valence-corrected chi connectivity index (χ3v) is 4.48. The third-order valence-electron chi connectivity index (χ3n) is 3.66. The van der Waals surface area contributed by atoms with Crippen LogP contribution in [0.25, 0.3) is 0 Å². The van der Waals surface area contributed by atoms with Crippen LogP contribution in [0.3, 0.4) is 0 Å². The number of nitrogens with zero attached hydrogens (tertiary/aromatic N) is 2. The Hall–Kier alpha value is -0.160. The Labute approximate surface area is 113 Å². The van der Waals surface area contributed by atoms with E-state index < -0.39 is 0 Å². The van der Waals surface area contributed by atoms with Crippen molar-refractivity contribution in [2.45, 2.75) is 44.8 Å². The number of hydrogen-bond donors (Lipinski definition) is 1. The maximum absolute atomic E-state index is 4.55. The van der Waals surface area contributed by atoms with Gasteiger partial charge in [-0.3, -0.25) is 4.90 Å². The molecule has 0 saturated carbocycles. The number of hydrogen-bond acceptors (Lipinski definition) is 4. The van der Waals surface area contributed by atoms with Crippen molar-refractivity contribution in [2.24, 2.45) is 0 Å². The summed E-state index contributed by atoms with van der Waals surface area (Å²) in [7, 11) is 0. The molecule has 1 N–H and O–H groups in total. The Bertz CT molecular complexity index is 368. The lowest BCUT2D eigenvalue weighted by Crippen LogP contribution is -2.35. The lowest BCUT2D eigenvalue weighted by Gasteiger charge is -2.22. The molecule has 3 heterocycles. The van der Waals surface area contributed by atoms with E-state index in [9.17, 15) is 0 Å². The fourth-order valence-corrected chi connectivity index (χ4v) is 3.47. The zero-order valence-corrected chi connectivity index (χ0v) is 11.8. The van der Waals surface area contributed by atoms with E-state index in [1.807, 2.05) is 0 Å². The summed E-state index contributed by atoms with van der Waals surface area (Å²) in [5.41, 5.74) is 1.25. The van der Waals surface area contributed by atoms with Gasteiger partial charge in [-0.15, -0.1) is 23.7 Å². The average Bonchev–Trinajstić information content (AvgIpc) is 2.77. The Morgan fingerprint density at radius 2 is 2.24 bits per heavy atom. The minimum atomic E-state index is 0. The molecule has 1 aromatic heterocycles. The molecule has 0 aliphatic carbocycles. The number of nitrogens with one attached hydrogen (secondary N) is 1. The molecule has 2 aliphatic heterocycles. The lowest BCUT2D eigenvalue weighted by atomic mass is 10.1. The average molecular weight is 274 g/mol. The van der Waals surface area contributed by atoms with Crippen LogP contribution in [0.1, 0.15) is 30.0 Å². The Morgan fingerprint density at radius 3 is 3.00 bits per heavy atom. The van der Waals surface area contributed by atoms with Gasteiger partial charge in [0.05, 0.1) is 10.7 Å². The normalized spacial score (nSPS) is 28.8. The van der Waals surface area contributed by atoms with Gasteiger partial charge >= 0.3 is 0 Å². The molecule has 2 atom stereocenters. The quantitative estimate of drug-likeness (QED) is 0.895. The Morgan fingerprint density at radius 1 is 1.41 bits per heavy atom. The number of halogens is 1. The molecule has 0 amide bonds. The highest BCUT2D eigenvalue weighted by molar-refractivity contribution is 7.09. The van der Waals surface area contributed by atoms with Gasteiger partial charge < -0.3 is 5.32 Å². The van der Waals surface area contributed by atoms with Crippen molar-refractivity contribution >= 4 is 23.7 Å². The molecule has 0 radical (unpaired) electrons. The molecule has 0 aromatic carbocycles. The molecule has 1 aromatic rings. The summed E-state index contributed by atoms with van der Waals surface area (Å²) in [5, 5.41) is 7.10. The van der Waals surface area contributed by atoms with Crippen LogP contribution in [-0.2, 0) is 6.54 Å². The highest BCUT2D eigenvalue weighted by atomic mass is 35.5. The third kappa shape index (κ3) is 3.19. The first-order valence-corrected chi connectivity index (χ1v) is 7.07. The molecule has 0 spiro atoms. The minimum Gasteiger partial charge on any atom is -0.310 e. The van der Waals surface area contributed by atoms with Gasteiger partial charge in [-0.1, -0.05) is 0 Å². The molecule has 5 heteroatoms. The number of aromatic nitrogens is 1. The number of thiazole rings is 1. The first-order chi connectivity index (χ1) is 7.79. The van der Waals surface area contributed by atoms with Gasteiger partial charge in [-0.25, -0.2) is 4.98 Å². The van der Waals surface area contributed by atoms with Gasteiger partial charge in [-0.2, -0.15) is 0 Å². The van der Waals surface area contributed by atoms with Gasteiger partial charge in [0.1, 0.15) is 0 Å². The van der Waals surface area contributed by atoms with Crippen molar-refractivity contribution in [1.82, 2.24) is 15.2 Å². The van der Waals surface area contributed by atoms with Crippen molar-refractivity contribution in [2.75, 3.05) is 13.1 Å². The maximum Gasteiger partial charge on any atom is 0.0897 e. The first kappa shape index (κ1) is 13.3. The van der Waals surface area contributed by atoms with Crippen molar-refractivity contribution in [3.8, 4) is 0 Å². The van der Waals surface area contributed by atoms with E-state index in [1.54, 1.807) is 11.3 Å². The van der Waals surface area contributed by atoms with E-state index in [0.29, 0.717) is 0 Å². The molecule has 2 unspecified atom stereocenters. The monoisotopic (exact) mass is 273 g/mol. The molecular weight excluding hydrogens is 254 g/mol. The van der Waals surface area contributed by atoms with E-state index in [-0.39, 0.29) is 12.4 Å². The molecule has 17 heavy (non-hydrogen) atoms. The topological polar surface area (TPSA) is 28.2 Å². The van der Waals surface area contributed by atoms with Crippen LogP contribution in [0, 0.1) is 6.92 Å². The second-order valence-corrected chi connectivity index (χ2v) is 6.08. The van der Waals surface area contributed by atoms with Gasteiger partial charge in [0.25, 0.3) is 0 Å². The highest BCUT2D eigenvalue weighted by Gasteiger charge is 2.29. The van der Waals surface area contributed by atoms with Gasteiger partial charge in [0, 0.05) is 37.1 Å². The smallest absolute Gasteiger partial charge is 0.0897 e. The summed E-state index contributed by atoms with van der Waals surface area (Å²) in [5.74, 6) is 0. The number of aryl methyl sites for hydroxylation is 1. The van der Waals surface area contributed by atoms with Gasteiger partial charge in [0.2, 0.25) is 0 Å². The summed E-state index contributed by atoms with van der Waals surface area (Å²) < 4.78 is 0. The lowest BCUT2D eigenvalue weighted by molar-refractivity contribution is 0.248. The van der Waals surface area contributed by atoms with Crippen LogP contribution in [-0.4, -0.2) is 35.1 Å². The van der Waals surface area contributed by atoms with Crippen LogP contribution in [0.4, 0.5) is 0 Å². The summed E-state index contributed by atoms with van der Waals surface area (Å²) in [6.07, 6.45) is 4.05. The summed E-state index contributed by atoms with van der Waals surface area (Å²) in [4.78, 5) is 7.11. The maximum atomic E-state index is 4.55. The van der Waals surface area contributed by atoms with Crippen molar-refractivity contribution in [3.05, 3.63) is 16.1 Å². The molecular formula is C12H20ClN3S. The van der Waals surface area contributed by atoms with Crippen LogP contribution in [0.2, 0.25) is 0 Å². The van der Waals surface area contributed by atoms with Gasteiger partial charge in [-0.05, 0) is 26.2 Å². The summed E-state index contributed by atoms with van der Waals surface area (Å²) >= 11 is 1.76. The number of likely N-dealkylation sites (tertiary alicyclic amines) is 1. The Balaban J connectivity index is 0.00000108. The van der Waals surface area contributed by atoms with E-state index in [0.717, 1.165) is 18.6 Å². The molecule has 96 valence electrons. The fourth-order valence-electron chi connectivity index (χ4n) is 2.87. The molecule has 3 rings (SSSR count). The van der Waals surface area contributed by atoms with Crippen molar-refractivity contribution in [3.63, 3.8) is 0 Å². The van der Waals surface area contributed by atoms with Crippen molar-refractivity contribution < 1.29 is 0 Å².